The van der Waals surface area contributed by atoms with Gasteiger partial charge in [-0.2, -0.15) is 4.52 Å². The van der Waals surface area contributed by atoms with Crippen LogP contribution < -0.4 is 15.9 Å². The molecule has 0 radical (unpaired) electrons. The molecule has 0 N–H and O–H groups in total. The first kappa shape index (κ1) is 24.9. The highest BCUT2D eigenvalue weighted by atomic mass is 35.7. The highest BCUT2D eigenvalue weighted by Gasteiger charge is 2.47. The Morgan fingerprint density at radius 1 is 0.710 bits per heavy atom. The average molecular weight is 535 g/mol. The Morgan fingerprint density at radius 2 is 1.03 bits per heavy atom. The van der Waals surface area contributed by atoms with Crippen molar-refractivity contribution in [3.63, 3.8) is 0 Å². The number of halogens is 4. The summed E-state index contributed by atoms with van der Waals surface area (Å²) in [6.45, 7) is -1.11. The SMILES string of the molecule is CC(C)(OP(=O)(Cl)N=P(c1ccccc1)(c1ccccc1)c1ccccc1)C(Cl)(Cl)Cl. The molecule has 1 unspecified atom stereocenters. The zero-order valence-electron chi connectivity index (χ0n) is 16.8. The summed E-state index contributed by atoms with van der Waals surface area (Å²) in [5.74, 6) is 0. The highest BCUT2D eigenvalue weighted by molar-refractivity contribution is 7.95. The van der Waals surface area contributed by atoms with Crippen LogP contribution in [0.3, 0.4) is 0 Å². The fourth-order valence-corrected chi connectivity index (χ4v) is 10.8. The normalized spacial score (nSPS) is 14.6. The molecule has 0 aliphatic rings. The first-order valence-corrected chi connectivity index (χ1v) is 14.7. The minimum atomic E-state index is -4.14. The van der Waals surface area contributed by atoms with Gasteiger partial charge in [0.05, 0.1) is 7.05 Å². The maximum Gasteiger partial charge on any atom is 0.406 e. The van der Waals surface area contributed by atoms with Gasteiger partial charge in [0.2, 0.25) is 3.79 Å². The first-order valence-electron chi connectivity index (χ1n) is 9.36. The van der Waals surface area contributed by atoms with E-state index in [9.17, 15) is 4.57 Å². The fourth-order valence-electron chi connectivity index (χ4n) is 3.05. The molecule has 0 spiro atoms. The summed E-state index contributed by atoms with van der Waals surface area (Å²) in [4.78, 5) is 0. The van der Waals surface area contributed by atoms with Crippen molar-refractivity contribution in [3.05, 3.63) is 91.0 Å². The van der Waals surface area contributed by atoms with Gasteiger partial charge in [-0.25, -0.2) is 4.57 Å². The molecule has 3 aromatic carbocycles. The zero-order chi connectivity index (χ0) is 22.8. The molecule has 1 atom stereocenters. The van der Waals surface area contributed by atoms with E-state index in [-0.39, 0.29) is 0 Å². The van der Waals surface area contributed by atoms with Crippen molar-refractivity contribution in [1.29, 1.82) is 0 Å². The lowest BCUT2D eigenvalue weighted by molar-refractivity contribution is 0.123. The Bertz CT molecular complexity index is 1020. The van der Waals surface area contributed by atoms with Crippen LogP contribution in [-0.2, 0) is 9.09 Å². The number of hydrogen-bond donors (Lipinski definition) is 0. The Kier molecular flexibility index (Phi) is 7.72. The third-order valence-electron chi connectivity index (χ3n) is 4.65. The van der Waals surface area contributed by atoms with Crippen molar-refractivity contribution in [1.82, 2.24) is 0 Å². The summed E-state index contributed by atoms with van der Waals surface area (Å²) in [5, 5.41) is 2.63. The van der Waals surface area contributed by atoms with Gasteiger partial charge in [-0.1, -0.05) is 126 Å². The summed E-state index contributed by atoms with van der Waals surface area (Å²) in [6.07, 6.45) is 0. The van der Waals surface area contributed by atoms with E-state index in [1.807, 2.05) is 91.0 Å². The van der Waals surface area contributed by atoms with Gasteiger partial charge < -0.3 is 0 Å². The van der Waals surface area contributed by atoms with Crippen LogP contribution in [0.5, 0.6) is 0 Å². The van der Waals surface area contributed by atoms with Crippen LogP contribution in [0.1, 0.15) is 13.8 Å². The molecule has 9 heteroatoms. The monoisotopic (exact) mass is 533 g/mol. The van der Waals surface area contributed by atoms with Crippen LogP contribution in [0.4, 0.5) is 0 Å². The van der Waals surface area contributed by atoms with Crippen molar-refractivity contribution >= 4 is 75.9 Å². The third kappa shape index (κ3) is 5.60. The van der Waals surface area contributed by atoms with Crippen molar-refractivity contribution in [3.8, 4) is 0 Å². The van der Waals surface area contributed by atoms with Crippen LogP contribution >= 0.6 is 60.0 Å². The molecule has 0 amide bonds. The van der Waals surface area contributed by atoms with Gasteiger partial charge in [0.25, 0.3) is 0 Å². The van der Waals surface area contributed by atoms with Gasteiger partial charge in [0.1, 0.15) is 5.60 Å². The van der Waals surface area contributed by atoms with E-state index in [2.05, 4.69) is 0 Å². The van der Waals surface area contributed by atoms with E-state index < -0.39 is 23.3 Å². The second-order valence-corrected chi connectivity index (χ2v) is 15.5. The molecular weight excluding hydrogens is 514 g/mol. The second-order valence-electron chi connectivity index (χ2n) is 7.28. The molecule has 0 aliphatic heterocycles. The maximum absolute atomic E-state index is 13.6. The Balaban J connectivity index is 2.37. The summed E-state index contributed by atoms with van der Waals surface area (Å²) < 4.78 is 22.3. The van der Waals surface area contributed by atoms with Crippen LogP contribution in [0.2, 0.25) is 0 Å². The van der Waals surface area contributed by atoms with Crippen LogP contribution in [-0.4, -0.2) is 9.39 Å². The Hall–Kier alpha value is -0.760. The number of alkyl halides is 3. The van der Waals surface area contributed by atoms with Crippen molar-refractivity contribution < 1.29 is 9.09 Å². The van der Waals surface area contributed by atoms with E-state index in [0.717, 1.165) is 15.9 Å². The predicted molar refractivity (Wildman–Crippen MR) is 136 cm³/mol. The molecule has 0 aliphatic carbocycles. The Labute approximate surface area is 203 Å². The van der Waals surface area contributed by atoms with Crippen molar-refractivity contribution in [2.24, 2.45) is 4.52 Å². The van der Waals surface area contributed by atoms with Gasteiger partial charge in [-0.3, -0.25) is 4.52 Å². The quantitative estimate of drug-likeness (QED) is 0.240. The molecular formula is C22H21Cl4NO2P2. The van der Waals surface area contributed by atoms with Gasteiger partial charge in [-0.05, 0) is 25.1 Å². The van der Waals surface area contributed by atoms with Gasteiger partial charge in [0.15, 0.2) is 0 Å². The van der Waals surface area contributed by atoms with Crippen LogP contribution in [0.15, 0.2) is 95.5 Å². The lowest BCUT2D eigenvalue weighted by atomic mass is 10.2. The number of hydrogen-bond acceptors (Lipinski definition) is 2. The van der Waals surface area contributed by atoms with E-state index in [4.69, 9.17) is 55.1 Å². The molecule has 0 saturated heterocycles. The zero-order valence-corrected chi connectivity index (χ0v) is 21.6. The van der Waals surface area contributed by atoms with Crippen LogP contribution in [0, 0.1) is 0 Å². The molecule has 0 fully saturated rings. The number of nitrogens with zero attached hydrogens (tertiary/aromatic N) is 1. The smallest absolute Gasteiger partial charge is 0.290 e. The molecule has 0 heterocycles. The summed E-state index contributed by atoms with van der Waals surface area (Å²) in [5.41, 5.74) is -1.45. The molecule has 3 aromatic rings. The standard InChI is InChI=1S/C22H21Cl4NO2P2/c1-21(2,22(23,24)25)29-31(26,28)27-30(18-12-6-3-7-13-18,19-14-8-4-9-15-19)20-16-10-5-11-17-20/h3-17H,1-2H3. The van der Waals surface area contributed by atoms with Crippen molar-refractivity contribution in [2.45, 2.75) is 23.2 Å². The fraction of sp³-hybridized carbons (Fsp3) is 0.182. The number of benzene rings is 3. The average Bonchev–Trinajstić information content (AvgIpc) is 2.72. The van der Waals surface area contributed by atoms with E-state index in [1.165, 1.54) is 13.8 Å². The molecule has 0 bridgehead atoms. The molecule has 0 aromatic heterocycles. The molecule has 0 saturated carbocycles. The molecule has 3 nitrogen and oxygen atoms in total. The minimum Gasteiger partial charge on any atom is -0.290 e. The lowest BCUT2D eigenvalue weighted by Gasteiger charge is -2.34. The maximum atomic E-state index is 13.6. The van der Waals surface area contributed by atoms with Crippen molar-refractivity contribution in [2.75, 3.05) is 0 Å². The van der Waals surface area contributed by atoms with Gasteiger partial charge >= 0.3 is 6.87 Å². The topological polar surface area (TPSA) is 38.7 Å². The highest BCUT2D eigenvalue weighted by Crippen LogP contribution is 2.67. The minimum absolute atomic E-state index is 0.878. The summed E-state index contributed by atoms with van der Waals surface area (Å²) >= 11 is 24.6. The predicted octanol–water partition coefficient (Wildman–Crippen LogP) is 7.68. The van der Waals surface area contributed by atoms with E-state index >= 15 is 0 Å². The van der Waals surface area contributed by atoms with Gasteiger partial charge in [-0.15, -0.1) is 0 Å². The van der Waals surface area contributed by atoms with E-state index in [1.54, 1.807) is 0 Å². The molecule has 31 heavy (non-hydrogen) atoms. The second kappa shape index (κ2) is 9.62. The molecule has 164 valence electrons. The summed E-state index contributed by atoms with van der Waals surface area (Å²) in [6, 6.07) is 28.9. The first-order chi connectivity index (χ1) is 14.5. The lowest BCUT2D eigenvalue weighted by Crippen LogP contribution is -2.38. The van der Waals surface area contributed by atoms with Gasteiger partial charge in [0, 0.05) is 15.9 Å². The van der Waals surface area contributed by atoms with E-state index in [0.29, 0.717) is 0 Å². The Morgan fingerprint density at radius 3 is 1.32 bits per heavy atom. The third-order valence-corrected chi connectivity index (χ3v) is 12.6. The molecule has 3 rings (SSSR count). The number of rotatable bonds is 6. The largest absolute Gasteiger partial charge is 0.406 e. The summed E-state index contributed by atoms with van der Waals surface area (Å²) in [7, 11) is -2.84. The van der Waals surface area contributed by atoms with Crippen LogP contribution in [0.25, 0.3) is 0 Å².